The summed E-state index contributed by atoms with van der Waals surface area (Å²) in [6, 6.07) is 6.24. The fraction of sp³-hybridized carbons (Fsp3) is 0.462. The van der Waals surface area contributed by atoms with E-state index in [1.807, 2.05) is 6.92 Å². The number of piperazine rings is 1. The lowest BCUT2D eigenvalue weighted by molar-refractivity contribution is -0.136. The van der Waals surface area contributed by atoms with Crippen molar-refractivity contribution in [2.24, 2.45) is 0 Å². The Morgan fingerprint density at radius 1 is 1.56 bits per heavy atom. The minimum Gasteiger partial charge on any atom is -0.481 e. The highest BCUT2D eigenvalue weighted by Crippen LogP contribution is 2.15. The first-order valence-corrected chi connectivity index (χ1v) is 6.06. The van der Waals surface area contributed by atoms with Crippen LogP contribution in [0.15, 0.2) is 24.3 Å². The summed E-state index contributed by atoms with van der Waals surface area (Å²) < 4.78 is 18.5. The van der Waals surface area contributed by atoms with Gasteiger partial charge in [0.2, 0.25) is 0 Å². The predicted molar refractivity (Wildman–Crippen MR) is 65.9 cm³/mol. The lowest BCUT2D eigenvalue weighted by Crippen LogP contribution is -2.53. The van der Waals surface area contributed by atoms with E-state index in [2.05, 4.69) is 5.32 Å². The van der Waals surface area contributed by atoms with Gasteiger partial charge in [-0.05, 0) is 19.1 Å². The number of halogens is 1. The second-order valence-electron chi connectivity index (χ2n) is 4.36. The second-order valence-corrected chi connectivity index (χ2v) is 4.36. The summed E-state index contributed by atoms with van der Waals surface area (Å²) in [7, 11) is 0. The molecule has 5 heteroatoms. The van der Waals surface area contributed by atoms with Gasteiger partial charge in [-0.3, -0.25) is 4.79 Å². The van der Waals surface area contributed by atoms with Crippen molar-refractivity contribution >= 4 is 5.91 Å². The Labute approximate surface area is 106 Å². The zero-order valence-electron chi connectivity index (χ0n) is 10.4. The molecule has 2 rings (SSSR count). The van der Waals surface area contributed by atoms with Gasteiger partial charge in [0.05, 0.1) is 0 Å². The summed E-state index contributed by atoms with van der Waals surface area (Å²) in [5, 5.41) is 3.21. The van der Waals surface area contributed by atoms with Crippen molar-refractivity contribution in [2.75, 3.05) is 26.2 Å². The molecule has 1 aliphatic heterocycles. The number of ether oxygens (including phenoxy) is 1. The van der Waals surface area contributed by atoms with E-state index in [0.717, 1.165) is 13.1 Å². The summed E-state index contributed by atoms with van der Waals surface area (Å²) in [6.45, 7) is 4.10. The fourth-order valence-electron chi connectivity index (χ4n) is 2.00. The Bertz CT molecular complexity index is 425. The summed E-state index contributed by atoms with van der Waals surface area (Å²) in [5.41, 5.74) is 0. The Morgan fingerprint density at radius 3 is 3.06 bits per heavy atom. The minimum atomic E-state index is -0.446. The molecule has 1 aromatic rings. The molecule has 0 bridgehead atoms. The minimum absolute atomic E-state index is 0.104. The van der Waals surface area contributed by atoms with Gasteiger partial charge in [0.25, 0.3) is 5.91 Å². The number of carbonyl (C=O) groups is 1. The third-order valence-electron chi connectivity index (χ3n) is 3.01. The van der Waals surface area contributed by atoms with Crippen LogP contribution in [0.2, 0.25) is 0 Å². The van der Waals surface area contributed by atoms with Gasteiger partial charge in [0.1, 0.15) is 0 Å². The highest BCUT2D eigenvalue weighted by atomic mass is 19.1. The zero-order valence-corrected chi connectivity index (χ0v) is 10.4. The summed E-state index contributed by atoms with van der Waals surface area (Å²) in [6.07, 6.45) is 0. The van der Waals surface area contributed by atoms with E-state index in [-0.39, 0.29) is 24.3 Å². The molecule has 0 aromatic heterocycles. The zero-order chi connectivity index (χ0) is 13.0. The first-order valence-electron chi connectivity index (χ1n) is 6.06. The molecule has 1 fully saturated rings. The molecule has 1 atom stereocenters. The Morgan fingerprint density at radius 2 is 2.33 bits per heavy atom. The van der Waals surface area contributed by atoms with Crippen molar-refractivity contribution in [1.82, 2.24) is 10.2 Å². The lowest BCUT2D eigenvalue weighted by Gasteiger charge is -2.33. The number of benzene rings is 1. The first-order chi connectivity index (χ1) is 8.68. The molecule has 0 saturated carbocycles. The number of para-hydroxylation sites is 1. The van der Waals surface area contributed by atoms with E-state index in [4.69, 9.17) is 4.74 Å². The summed E-state index contributed by atoms with van der Waals surface area (Å²) >= 11 is 0. The van der Waals surface area contributed by atoms with Gasteiger partial charge in [0.15, 0.2) is 18.2 Å². The Balaban J connectivity index is 1.90. The summed E-state index contributed by atoms with van der Waals surface area (Å²) in [5.74, 6) is -0.431. The van der Waals surface area contributed by atoms with Crippen LogP contribution < -0.4 is 10.1 Å². The van der Waals surface area contributed by atoms with Crippen LogP contribution in [0.4, 0.5) is 4.39 Å². The van der Waals surface area contributed by atoms with E-state index >= 15 is 0 Å². The number of nitrogens with one attached hydrogen (secondary N) is 1. The maximum atomic E-state index is 13.3. The predicted octanol–water partition coefficient (Wildman–Crippen LogP) is 1.02. The highest BCUT2D eigenvalue weighted by molar-refractivity contribution is 5.78. The molecular weight excluding hydrogens is 235 g/mol. The molecule has 98 valence electrons. The molecule has 1 aliphatic rings. The molecule has 0 spiro atoms. The van der Waals surface area contributed by atoms with Crippen LogP contribution in [-0.2, 0) is 4.79 Å². The number of amides is 1. The first kappa shape index (κ1) is 12.8. The third kappa shape index (κ3) is 2.98. The average molecular weight is 252 g/mol. The van der Waals surface area contributed by atoms with Gasteiger partial charge in [-0.25, -0.2) is 4.39 Å². The monoisotopic (exact) mass is 252 g/mol. The van der Waals surface area contributed by atoms with Crippen LogP contribution in [0, 0.1) is 5.82 Å². The van der Waals surface area contributed by atoms with E-state index in [9.17, 15) is 9.18 Å². The van der Waals surface area contributed by atoms with Crippen molar-refractivity contribution in [3.63, 3.8) is 0 Å². The standard InChI is InChI=1S/C13H17FN2O2/c1-10-8-15-6-7-16(10)13(17)9-18-12-5-3-2-4-11(12)14/h2-5,10,15H,6-9H2,1H3/t10-/m0/s1. The number of hydrogen-bond acceptors (Lipinski definition) is 3. The highest BCUT2D eigenvalue weighted by Gasteiger charge is 2.23. The average Bonchev–Trinajstić information content (AvgIpc) is 2.38. The van der Waals surface area contributed by atoms with Crippen LogP contribution in [0.3, 0.4) is 0 Å². The number of rotatable bonds is 3. The maximum absolute atomic E-state index is 13.3. The molecule has 1 heterocycles. The Kier molecular flexibility index (Phi) is 4.15. The van der Waals surface area contributed by atoms with E-state index < -0.39 is 5.82 Å². The summed E-state index contributed by atoms with van der Waals surface area (Å²) in [4.78, 5) is 13.7. The van der Waals surface area contributed by atoms with Crippen molar-refractivity contribution in [3.05, 3.63) is 30.1 Å². The molecule has 4 nitrogen and oxygen atoms in total. The molecular formula is C13H17FN2O2. The van der Waals surface area contributed by atoms with E-state index in [1.165, 1.54) is 12.1 Å². The Hall–Kier alpha value is -1.62. The van der Waals surface area contributed by atoms with Crippen LogP contribution in [0.5, 0.6) is 5.75 Å². The van der Waals surface area contributed by atoms with Gasteiger partial charge in [0, 0.05) is 25.7 Å². The van der Waals surface area contributed by atoms with Gasteiger partial charge in [-0.2, -0.15) is 0 Å². The largest absolute Gasteiger partial charge is 0.481 e. The van der Waals surface area contributed by atoms with Gasteiger partial charge < -0.3 is 15.0 Å². The number of carbonyl (C=O) groups excluding carboxylic acids is 1. The molecule has 0 aliphatic carbocycles. The lowest BCUT2D eigenvalue weighted by atomic mass is 10.2. The van der Waals surface area contributed by atoms with E-state index in [1.54, 1.807) is 17.0 Å². The van der Waals surface area contributed by atoms with Crippen LogP contribution in [0.1, 0.15) is 6.92 Å². The normalized spacial score (nSPS) is 19.7. The molecule has 1 N–H and O–H groups in total. The topological polar surface area (TPSA) is 41.6 Å². The SMILES string of the molecule is C[C@H]1CNCCN1C(=O)COc1ccccc1F. The molecule has 0 unspecified atom stereocenters. The van der Waals surface area contributed by atoms with Crippen molar-refractivity contribution in [1.29, 1.82) is 0 Å². The van der Waals surface area contributed by atoms with Crippen molar-refractivity contribution in [2.45, 2.75) is 13.0 Å². The van der Waals surface area contributed by atoms with Crippen LogP contribution in [-0.4, -0.2) is 43.1 Å². The smallest absolute Gasteiger partial charge is 0.260 e. The fourth-order valence-corrected chi connectivity index (χ4v) is 2.00. The second kappa shape index (κ2) is 5.82. The third-order valence-corrected chi connectivity index (χ3v) is 3.01. The van der Waals surface area contributed by atoms with Gasteiger partial charge in [-0.1, -0.05) is 12.1 Å². The van der Waals surface area contributed by atoms with Crippen LogP contribution in [0.25, 0.3) is 0 Å². The molecule has 18 heavy (non-hydrogen) atoms. The molecule has 1 aromatic carbocycles. The van der Waals surface area contributed by atoms with Crippen molar-refractivity contribution in [3.8, 4) is 5.75 Å². The van der Waals surface area contributed by atoms with Crippen LogP contribution >= 0.6 is 0 Å². The van der Waals surface area contributed by atoms with Crippen molar-refractivity contribution < 1.29 is 13.9 Å². The van der Waals surface area contributed by atoms with Gasteiger partial charge >= 0.3 is 0 Å². The number of nitrogens with zero attached hydrogens (tertiary/aromatic N) is 1. The van der Waals surface area contributed by atoms with Gasteiger partial charge in [-0.15, -0.1) is 0 Å². The quantitative estimate of drug-likeness (QED) is 0.873. The molecule has 1 saturated heterocycles. The number of hydrogen-bond donors (Lipinski definition) is 1. The van der Waals surface area contributed by atoms with E-state index in [0.29, 0.717) is 6.54 Å². The molecule has 0 radical (unpaired) electrons. The molecule has 1 amide bonds. The maximum Gasteiger partial charge on any atom is 0.260 e.